The van der Waals surface area contributed by atoms with Crippen molar-refractivity contribution in [3.05, 3.63) is 35.9 Å². The van der Waals surface area contributed by atoms with Gasteiger partial charge in [-0.25, -0.2) is 0 Å². The van der Waals surface area contributed by atoms with Gasteiger partial charge in [0, 0.05) is 18.6 Å². The molecule has 1 unspecified atom stereocenters. The van der Waals surface area contributed by atoms with Crippen molar-refractivity contribution in [3.63, 3.8) is 0 Å². The third kappa shape index (κ3) is 3.79. The summed E-state index contributed by atoms with van der Waals surface area (Å²) in [7, 11) is 0. The lowest BCUT2D eigenvalue weighted by Crippen LogP contribution is -2.44. The van der Waals surface area contributed by atoms with Crippen LogP contribution in [0.4, 0.5) is 0 Å². The molecule has 0 aromatic heterocycles. The number of esters is 1. The minimum absolute atomic E-state index is 0.225. The Labute approximate surface area is 136 Å². The van der Waals surface area contributed by atoms with E-state index in [4.69, 9.17) is 19.2 Å². The molecule has 1 aliphatic carbocycles. The SMILES string of the molecule is CCOC(=O)C1CC2(CCC1=NCc1ccccc1)OCCO2. The zero-order valence-electron chi connectivity index (χ0n) is 13.5. The second-order valence-electron chi connectivity index (χ2n) is 5.91. The largest absolute Gasteiger partial charge is 0.465 e. The molecular formula is C18H23NO4. The first-order valence-electron chi connectivity index (χ1n) is 8.24. The van der Waals surface area contributed by atoms with Crippen LogP contribution in [0.3, 0.4) is 0 Å². The van der Waals surface area contributed by atoms with E-state index in [2.05, 4.69) is 0 Å². The van der Waals surface area contributed by atoms with Crippen LogP contribution in [-0.2, 0) is 25.5 Å². The first-order valence-corrected chi connectivity index (χ1v) is 8.24. The number of rotatable bonds is 4. The van der Waals surface area contributed by atoms with Crippen molar-refractivity contribution < 1.29 is 19.0 Å². The summed E-state index contributed by atoms with van der Waals surface area (Å²) >= 11 is 0. The van der Waals surface area contributed by atoms with E-state index in [0.717, 1.165) is 17.7 Å². The highest BCUT2D eigenvalue weighted by atomic mass is 16.7. The van der Waals surface area contributed by atoms with Crippen LogP contribution in [0.2, 0.25) is 0 Å². The van der Waals surface area contributed by atoms with Crippen molar-refractivity contribution in [2.75, 3.05) is 19.8 Å². The smallest absolute Gasteiger partial charge is 0.314 e. The third-order valence-electron chi connectivity index (χ3n) is 4.37. The summed E-state index contributed by atoms with van der Waals surface area (Å²) < 4.78 is 16.8. The van der Waals surface area contributed by atoms with E-state index < -0.39 is 5.79 Å². The van der Waals surface area contributed by atoms with Crippen molar-refractivity contribution in [2.45, 2.75) is 38.5 Å². The molecule has 124 valence electrons. The topological polar surface area (TPSA) is 57.1 Å². The highest BCUT2D eigenvalue weighted by Crippen LogP contribution is 2.38. The quantitative estimate of drug-likeness (QED) is 0.801. The van der Waals surface area contributed by atoms with Crippen LogP contribution in [-0.4, -0.2) is 37.3 Å². The van der Waals surface area contributed by atoms with Crippen LogP contribution >= 0.6 is 0 Å². The van der Waals surface area contributed by atoms with Crippen LogP contribution in [0.5, 0.6) is 0 Å². The molecule has 3 rings (SSSR count). The lowest BCUT2D eigenvalue weighted by atomic mass is 9.82. The van der Waals surface area contributed by atoms with Crippen molar-refractivity contribution >= 4 is 11.7 Å². The molecule has 5 heteroatoms. The van der Waals surface area contributed by atoms with E-state index in [-0.39, 0.29) is 11.9 Å². The van der Waals surface area contributed by atoms with Gasteiger partial charge in [-0.05, 0) is 18.9 Å². The van der Waals surface area contributed by atoms with Gasteiger partial charge in [-0.3, -0.25) is 9.79 Å². The Balaban J connectivity index is 1.75. The number of nitrogens with zero attached hydrogens (tertiary/aromatic N) is 1. The molecule has 1 aliphatic heterocycles. The zero-order valence-corrected chi connectivity index (χ0v) is 13.5. The summed E-state index contributed by atoms with van der Waals surface area (Å²) in [5.74, 6) is -1.22. The molecule has 23 heavy (non-hydrogen) atoms. The van der Waals surface area contributed by atoms with Gasteiger partial charge in [-0.15, -0.1) is 0 Å². The summed E-state index contributed by atoms with van der Waals surface area (Å²) in [6, 6.07) is 10.0. The lowest BCUT2D eigenvalue weighted by Gasteiger charge is -2.36. The van der Waals surface area contributed by atoms with Crippen LogP contribution in [0, 0.1) is 5.92 Å². The van der Waals surface area contributed by atoms with Gasteiger partial charge < -0.3 is 14.2 Å². The van der Waals surface area contributed by atoms with Crippen molar-refractivity contribution in [1.82, 2.24) is 0 Å². The normalized spacial score (nSPS) is 24.9. The molecule has 1 saturated heterocycles. The fraction of sp³-hybridized carbons (Fsp3) is 0.556. The molecule has 0 N–H and O–H groups in total. The predicted octanol–water partition coefficient (Wildman–Crippen LogP) is 2.73. The van der Waals surface area contributed by atoms with Gasteiger partial charge in [0.05, 0.1) is 32.3 Å². The Morgan fingerprint density at radius 3 is 2.74 bits per heavy atom. The molecule has 1 heterocycles. The summed E-state index contributed by atoms with van der Waals surface area (Å²) in [6.45, 7) is 3.95. The van der Waals surface area contributed by atoms with Gasteiger partial charge in [-0.2, -0.15) is 0 Å². The lowest BCUT2D eigenvalue weighted by molar-refractivity contribution is -0.182. The number of benzene rings is 1. The molecule has 2 fully saturated rings. The second kappa shape index (κ2) is 7.23. The molecule has 1 aromatic rings. The van der Waals surface area contributed by atoms with E-state index in [0.29, 0.717) is 39.2 Å². The predicted molar refractivity (Wildman–Crippen MR) is 86.2 cm³/mol. The minimum Gasteiger partial charge on any atom is -0.465 e. The molecule has 1 atom stereocenters. The van der Waals surface area contributed by atoms with E-state index in [9.17, 15) is 4.79 Å². The van der Waals surface area contributed by atoms with Crippen LogP contribution in [0.25, 0.3) is 0 Å². The number of ether oxygens (including phenoxy) is 3. The summed E-state index contributed by atoms with van der Waals surface area (Å²) in [5.41, 5.74) is 2.04. The first-order chi connectivity index (χ1) is 11.2. The van der Waals surface area contributed by atoms with Gasteiger partial charge >= 0.3 is 5.97 Å². The van der Waals surface area contributed by atoms with Crippen molar-refractivity contribution in [1.29, 1.82) is 0 Å². The second-order valence-corrected chi connectivity index (χ2v) is 5.91. The number of carbonyl (C=O) groups is 1. The molecule has 5 nitrogen and oxygen atoms in total. The Bertz CT molecular complexity index is 564. The number of carbonyl (C=O) groups excluding carboxylic acids is 1. The Kier molecular flexibility index (Phi) is 5.08. The van der Waals surface area contributed by atoms with E-state index in [1.54, 1.807) is 0 Å². The Morgan fingerprint density at radius 2 is 2.04 bits per heavy atom. The standard InChI is InChI=1S/C18H23NO4/c1-2-21-17(20)15-12-18(22-10-11-23-18)9-8-16(15)19-13-14-6-4-3-5-7-14/h3-7,15H,2,8-13H2,1H3. The molecule has 1 spiro atoms. The maximum Gasteiger partial charge on any atom is 0.314 e. The summed E-state index contributed by atoms with van der Waals surface area (Å²) in [4.78, 5) is 17.0. The van der Waals surface area contributed by atoms with Crippen LogP contribution < -0.4 is 0 Å². The molecule has 0 amide bonds. The molecule has 1 aromatic carbocycles. The van der Waals surface area contributed by atoms with Gasteiger partial charge in [0.2, 0.25) is 0 Å². The van der Waals surface area contributed by atoms with Crippen LogP contribution in [0.1, 0.15) is 31.7 Å². The fourth-order valence-corrected chi connectivity index (χ4v) is 3.21. The maximum absolute atomic E-state index is 12.3. The van der Waals surface area contributed by atoms with Crippen LogP contribution in [0.15, 0.2) is 35.3 Å². The Morgan fingerprint density at radius 1 is 1.30 bits per heavy atom. The van der Waals surface area contributed by atoms with Crippen molar-refractivity contribution in [2.24, 2.45) is 10.9 Å². The monoisotopic (exact) mass is 317 g/mol. The zero-order chi connectivity index (χ0) is 16.1. The Hall–Kier alpha value is -1.72. The summed E-state index contributed by atoms with van der Waals surface area (Å²) in [6.07, 6.45) is 1.95. The minimum atomic E-state index is -0.622. The van der Waals surface area contributed by atoms with E-state index in [1.165, 1.54) is 0 Å². The number of hydrogen-bond acceptors (Lipinski definition) is 5. The number of aliphatic imine (C=N–C) groups is 1. The van der Waals surface area contributed by atoms with Gasteiger partial charge in [0.15, 0.2) is 5.79 Å². The average Bonchev–Trinajstić information content (AvgIpc) is 3.03. The van der Waals surface area contributed by atoms with Gasteiger partial charge in [0.25, 0.3) is 0 Å². The van der Waals surface area contributed by atoms with Crippen molar-refractivity contribution in [3.8, 4) is 0 Å². The van der Waals surface area contributed by atoms with E-state index >= 15 is 0 Å². The highest BCUT2D eigenvalue weighted by Gasteiger charge is 2.46. The molecule has 2 aliphatic rings. The highest BCUT2D eigenvalue weighted by molar-refractivity contribution is 6.02. The molecule has 0 radical (unpaired) electrons. The third-order valence-corrected chi connectivity index (χ3v) is 4.37. The maximum atomic E-state index is 12.3. The van der Waals surface area contributed by atoms with Gasteiger partial charge in [0.1, 0.15) is 0 Å². The average molecular weight is 317 g/mol. The first kappa shape index (κ1) is 16.1. The number of hydrogen-bond donors (Lipinski definition) is 0. The summed E-state index contributed by atoms with van der Waals surface area (Å²) in [5, 5.41) is 0. The molecule has 1 saturated carbocycles. The fourth-order valence-electron chi connectivity index (χ4n) is 3.21. The molecular weight excluding hydrogens is 294 g/mol. The molecule has 0 bridgehead atoms. The van der Waals surface area contributed by atoms with Gasteiger partial charge in [-0.1, -0.05) is 30.3 Å². The van der Waals surface area contributed by atoms with E-state index in [1.807, 2.05) is 37.3 Å².